The maximum Gasteiger partial charge on any atom is 0.316 e. The van der Waals surface area contributed by atoms with E-state index in [4.69, 9.17) is 0 Å². The third kappa shape index (κ3) is 3.19. The van der Waals surface area contributed by atoms with Crippen molar-refractivity contribution in [2.24, 2.45) is 4.99 Å². The monoisotopic (exact) mass is 274 g/mol. The molecule has 0 radical (unpaired) electrons. The van der Waals surface area contributed by atoms with Crippen LogP contribution >= 0.6 is 0 Å². The molecule has 2 rings (SSSR count). The first-order valence-corrected chi connectivity index (χ1v) is 6.03. The van der Waals surface area contributed by atoms with E-state index in [9.17, 15) is 14.4 Å². The van der Waals surface area contributed by atoms with Crippen molar-refractivity contribution in [2.75, 3.05) is 5.32 Å². The largest absolute Gasteiger partial charge is 0.326 e. The Balaban J connectivity index is 2.15. The highest BCUT2D eigenvalue weighted by Gasteiger charge is 2.25. The Bertz CT molecular complexity index is 591. The second-order valence-electron chi connectivity index (χ2n) is 4.37. The zero-order chi connectivity index (χ0) is 14.7. The van der Waals surface area contributed by atoms with E-state index in [0.29, 0.717) is 5.69 Å². The van der Waals surface area contributed by atoms with Gasteiger partial charge in [-0.15, -0.1) is 0 Å². The zero-order valence-electron chi connectivity index (χ0n) is 11.1. The molecule has 1 aromatic rings. The smallest absolute Gasteiger partial charge is 0.316 e. The van der Waals surface area contributed by atoms with Crippen molar-refractivity contribution in [3.8, 4) is 0 Å². The lowest BCUT2D eigenvalue weighted by atomic mass is 10.1. The van der Waals surface area contributed by atoms with Crippen molar-refractivity contribution in [1.29, 1.82) is 0 Å². The van der Waals surface area contributed by atoms with Crippen LogP contribution in [0, 0.1) is 0 Å². The summed E-state index contributed by atoms with van der Waals surface area (Å²) in [6, 6.07) is 6.91. The van der Waals surface area contributed by atoms with Crippen molar-refractivity contribution in [2.45, 2.75) is 19.9 Å². The number of anilines is 1. The molecule has 1 aliphatic heterocycles. The third-order valence-electron chi connectivity index (χ3n) is 2.68. The molecule has 1 heterocycles. The zero-order valence-corrected chi connectivity index (χ0v) is 11.1. The van der Waals surface area contributed by atoms with Gasteiger partial charge in [0.05, 0.1) is 6.04 Å². The molecule has 0 saturated carbocycles. The van der Waals surface area contributed by atoms with Gasteiger partial charge in [0.1, 0.15) is 0 Å². The summed E-state index contributed by atoms with van der Waals surface area (Å²) in [6.07, 6.45) is 0. The van der Waals surface area contributed by atoms with Crippen LogP contribution in [0.1, 0.15) is 25.5 Å². The van der Waals surface area contributed by atoms with Gasteiger partial charge in [0.15, 0.2) is 0 Å². The molecule has 1 fully saturated rings. The number of aliphatic imine (C=N–C) groups is 1. The van der Waals surface area contributed by atoms with Crippen LogP contribution in [0.5, 0.6) is 0 Å². The number of nitrogens with one attached hydrogen (secondary N) is 3. The molecule has 1 unspecified atom stereocenters. The second kappa shape index (κ2) is 5.52. The van der Waals surface area contributed by atoms with E-state index in [0.717, 1.165) is 5.56 Å². The molecule has 1 saturated heterocycles. The van der Waals surface area contributed by atoms with Gasteiger partial charge >= 0.3 is 11.8 Å². The van der Waals surface area contributed by atoms with E-state index in [1.54, 1.807) is 18.2 Å². The van der Waals surface area contributed by atoms with Crippen LogP contribution in [0.3, 0.4) is 0 Å². The summed E-state index contributed by atoms with van der Waals surface area (Å²) in [5, 5.41) is 7.34. The number of amides is 3. The molecule has 1 aliphatic rings. The molecule has 1 atom stereocenters. The van der Waals surface area contributed by atoms with E-state index < -0.39 is 11.8 Å². The molecule has 7 heteroatoms. The fourth-order valence-electron chi connectivity index (χ4n) is 1.77. The maximum atomic E-state index is 11.0. The average Bonchev–Trinajstić information content (AvgIpc) is 2.67. The number of benzene rings is 1. The Morgan fingerprint density at radius 3 is 2.50 bits per heavy atom. The maximum absolute atomic E-state index is 11.0. The molecule has 0 bridgehead atoms. The Kier molecular flexibility index (Phi) is 3.79. The van der Waals surface area contributed by atoms with Crippen molar-refractivity contribution in [3.63, 3.8) is 0 Å². The minimum atomic E-state index is -0.719. The van der Waals surface area contributed by atoms with E-state index in [2.05, 4.69) is 20.9 Å². The van der Waals surface area contributed by atoms with Gasteiger partial charge in [-0.3, -0.25) is 25.0 Å². The van der Waals surface area contributed by atoms with Gasteiger partial charge in [-0.1, -0.05) is 12.1 Å². The molecular weight excluding hydrogens is 260 g/mol. The number of hydrogen-bond acceptors (Lipinski definition) is 4. The van der Waals surface area contributed by atoms with Gasteiger partial charge in [0, 0.05) is 12.6 Å². The molecule has 20 heavy (non-hydrogen) atoms. The van der Waals surface area contributed by atoms with Gasteiger partial charge in [-0.2, -0.15) is 0 Å². The molecule has 104 valence electrons. The van der Waals surface area contributed by atoms with Gasteiger partial charge in [0.2, 0.25) is 11.9 Å². The minimum Gasteiger partial charge on any atom is -0.326 e. The first-order valence-electron chi connectivity index (χ1n) is 6.03. The van der Waals surface area contributed by atoms with Crippen molar-refractivity contribution < 1.29 is 14.4 Å². The van der Waals surface area contributed by atoms with Gasteiger partial charge < -0.3 is 5.32 Å². The molecule has 7 nitrogen and oxygen atoms in total. The molecule has 0 aliphatic carbocycles. The van der Waals surface area contributed by atoms with Crippen molar-refractivity contribution >= 4 is 29.4 Å². The van der Waals surface area contributed by atoms with Crippen molar-refractivity contribution in [1.82, 2.24) is 10.6 Å². The highest BCUT2D eigenvalue weighted by atomic mass is 16.2. The molecule has 3 N–H and O–H groups in total. The highest BCUT2D eigenvalue weighted by Crippen LogP contribution is 2.20. The number of guanidine groups is 1. The predicted molar refractivity (Wildman–Crippen MR) is 72.9 cm³/mol. The fourth-order valence-corrected chi connectivity index (χ4v) is 1.77. The minimum absolute atomic E-state index is 0.137. The molecular formula is C13H14N4O3. The van der Waals surface area contributed by atoms with Crippen LogP contribution in [0.4, 0.5) is 5.69 Å². The van der Waals surface area contributed by atoms with Crippen LogP contribution in [-0.4, -0.2) is 23.7 Å². The summed E-state index contributed by atoms with van der Waals surface area (Å²) in [5.74, 6) is -1.46. The van der Waals surface area contributed by atoms with Gasteiger partial charge in [0.25, 0.3) is 0 Å². The van der Waals surface area contributed by atoms with Crippen LogP contribution < -0.4 is 16.0 Å². The summed E-state index contributed by atoms with van der Waals surface area (Å²) >= 11 is 0. The second-order valence-corrected chi connectivity index (χ2v) is 4.37. The Morgan fingerprint density at radius 1 is 1.25 bits per heavy atom. The quantitative estimate of drug-likeness (QED) is 0.691. The summed E-state index contributed by atoms with van der Waals surface area (Å²) in [5.41, 5.74) is 1.51. The molecule has 1 aromatic carbocycles. The standard InChI is InChI=1S/C13H14N4O3/c1-7(14-13-16-11(19)12(20)17-13)9-4-3-5-10(6-9)15-8(2)18/h3-7H,1-2H3,(H,15,18)(H2,14,16,17,19,20). The number of rotatable bonds is 3. The molecule has 0 aromatic heterocycles. The van der Waals surface area contributed by atoms with Crippen LogP contribution in [0.2, 0.25) is 0 Å². The first-order chi connectivity index (χ1) is 9.45. The predicted octanol–water partition coefficient (Wildman–Crippen LogP) is 0.308. The fraction of sp³-hybridized carbons (Fsp3) is 0.231. The molecule has 0 spiro atoms. The van der Waals surface area contributed by atoms with Crippen molar-refractivity contribution in [3.05, 3.63) is 29.8 Å². The number of hydrogen-bond donors (Lipinski definition) is 3. The lowest BCUT2D eigenvalue weighted by Gasteiger charge is -2.10. The highest BCUT2D eigenvalue weighted by molar-refractivity contribution is 6.45. The van der Waals surface area contributed by atoms with Crippen LogP contribution in [-0.2, 0) is 14.4 Å². The van der Waals surface area contributed by atoms with Crippen LogP contribution in [0.25, 0.3) is 0 Å². The lowest BCUT2D eigenvalue weighted by Crippen LogP contribution is -2.26. The van der Waals surface area contributed by atoms with E-state index >= 15 is 0 Å². The SMILES string of the molecule is CC(=O)Nc1cccc(C(C)N=C2NC(=O)C(=O)N2)c1. The normalized spacial score (nSPS) is 15.4. The summed E-state index contributed by atoms with van der Waals surface area (Å²) < 4.78 is 0. The average molecular weight is 274 g/mol. The van der Waals surface area contributed by atoms with Gasteiger partial charge in [-0.05, 0) is 24.6 Å². The topological polar surface area (TPSA) is 99.7 Å². The Morgan fingerprint density at radius 2 is 1.90 bits per heavy atom. The Hall–Kier alpha value is -2.70. The Labute approximate surface area is 115 Å². The third-order valence-corrected chi connectivity index (χ3v) is 2.68. The summed E-state index contributed by atoms with van der Waals surface area (Å²) in [4.78, 5) is 37.3. The van der Waals surface area contributed by atoms with E-state index in [1.807, 2.05) is 13.0 Å². The summed E-state index contributed by atoms with van der Waals surface area (Å²) in [7, 11) is 0. The van der Waals surface area contributed by atoms with Crippen LogP contribution in [0.15, 0.2) is 29.3 Å². The van der Waals surface area contributed by atoms with Gasteiger partial charge in [-0.25, -0.2) is 4.99 Å². The number of carbonyl (C=O) groups excluding carboxylic acids is 3. The first kappa shape index (κ1) is 13.7. The number of carbonyl (C=O) groups is 3. The van der Waals surface area contributed by atoms with E-state index in [-0.39, 0.29) is 17.9 Å². The van der Waals surface area contributed by atoms with E-state index in [1.165, 1.54) is 6.92 Å². The lowest BCUT2D eigenvalue weighted by molar-refractivity contribution is -0.135. The number of nitrogens with zero attached hydrogens (tertiary/aromatic N) is 1. The molecule has 3 amide bonds. The summed E-state index contributed by atoms with van der Waals surface area (Å²) in [6.45, 7) is 3.25.